The van der Waals surface area contributed by atoms with Gasteiger partial charge >= 0.3 is 17.5 Å². The van der Waals surface area contributed by atoms with Gasteiger partial charge in [-0.15, -0.1) is 0 Å². The number of carbonyl (C=O) groups excluding carboxylic acids is 2. The highest BCUT2D eigenvalue weighted by Crippen LogP contribution is 2.20. The van der Waals surface area contributed by atoms with E-state index in [9.17, 15) is 29.8 Å². The molecule has 0 saturated heterocycles. The van der Waals surface area contributed by atoms with E-state index in [1.807, 2.05) is 5.32 Å². The number of nitrogens with zero attached hydrogens (tertiary/aromatic N) is 4. The van der Waals surface area contributed by atoms with Crippen molar-refractivity contribution in [3.8, 4) is 0 Å². The number of anilines is 2. The number of amides is 2. The Bertz CT molecular complexity index is 821. The van der Waals surface area contributed by atoms with Gasteiger partial charge in [-0.3, -0.25) is 35.1 Å². The van der Waals surface area contributed by atoms with Crippen molar-refractivity contribution >= 4 is 34.8 Å². The molecular formula is C12H8N6O6. The summed E-state index contributed by atoms with van der Waals surface area (Å²) in [4.78, 5) is 50.5. The van der Waals surface area contributed by atoms with Gasteiger partial charge in [-0.25, -0.2) is 9.97 Å². The predicted molar refractivity (Wildman–Crippen MR) is 79.0 cm³/mol. The highest BCUT2D eigenvalue weighted by atomic mass is 16.6. The van der Waals surface area contributed by atoms with Gasteiger partial charge in [0.05, 0.1) is 9.85 Å². The Labute approximate surface area is 132 Å². The van der Waals surface area contributed by atoms with Gasteiger partial charge in [-0.2, -0.15) is 0 Å². The first-order valence-electron chi connectivity index (χ1n) is 6.20. The summed E-state index contributed by atoms with van der Waals surface area (Å²) in [7, 11) is 0. The molecule has 0 radical (unpaired) electrons. The molecule has 0 saturated carbocycles. The van der Waals surface area contributed by atoms with Crippen molar-refractivity contribution in [2.24, 2.45) is 0 Å². The van der Waals surface area contributed by atoms with Crippen molar-refractivity contribution < 1.29 is 19.4 Å². The van der Waals surface area contributed by atoms with Crippen molar-refractivity contribution in [2.45, 2.75) is 0 Å². The van der Waals surface area contributed by atoms with Gasteiger partial charge < -0.3 is 5.32 Å². The third-order valence-corrected chi connectivity index (χ3v) is 2.62. The van der Waals surface area contributed by atoms with Crippen molar-refractivity contribution in [1.29, 1.82) is 0 Å². The number of nitrogens with one attached hydrogen (secondary N) is 2. The van der Waals surface area contributed by atoms with Crippen LogP contribution in [0.3, 0.4) is 0 Å². The molecule has 0 aliphatic heterocycles. The van der Waals surface area contributed by atoms with Crippen molar-refractivity contribution in [1.82, 2.24) is 9.97 Å². The van der Waals surface area contributed by atoms with Crippen LogP contribution >= 0.6 is 0 Å². The number of hydrogen-bond donors (Lipinski definition) is 2. The maximum atomic E-state index is 11.7. The zero-order chi connectivity index (χ0) is 17.7. The second kappa shape index (κ2) is 6.87. The molecule has 12 heteroatoms. The largest absolute Gasteiger partial charge is 0.315 e. The van der Waals surface area contributed by atoms with Gasteiger partial charge in [0.1, 0.15) is 12.0 Å². The lowest BCUT2D eigenvalue weighted by Gasteiger charge is -2.05. The summed E-state index contributed by atoms with van der Waals surface area (Å²) in [6, 6.07) is 4.63. The second-order valence-corrected chi connectivity index (χ2v) is 4.20. The second-order valence-electron chi connectivity index (χ2n) is 4.20. The van der Waals surface area contributed by atoms with Crippen molar-refractivity contribution in [3.63, 3.8) is 0 Å². The Hall–Kier alpha value is -3.96. The lowest BCUT2D eigenvalue weighted by atomic mass is 10.3. The summed E-state index contributed by atoms with van der Waals surface area (Å²) >= 11 is 0. The van der Waals surface area contributed by atoms with Crippen LogP contribution in [0.2, 0.25) is 0 Å². The van der Waals surface area contributed by atoms with E-state index in [1.54, 1.807) is 0 Å². The summed E-state index contributed by atoms with van der Waals surface area (Å²) in [6.45, 7) is 0. The Balaban J connectivity index is 2.06. The lowest BCUT2D eigenvalue weighted by Crippen LogP contribution is -2.30. The molecule has 12 nitrogen and oxygen atoms in total. The topological polar surface area (TPSA) is 170 Å². The molecule has 0 fully saturated rings. The predicted octanol–water partition coefficient (Wildman–Crippen LogP) is 0.870. The summed E-state index contributed by atoms with van der Waals surface area (Å²) in [5, 5.41) is 25.4. The Morgan fingerprint density at radius 1 is 0.958 bits per heavy atom. The highest BCUT2D eigenvalue weighted by molar-refractivity contribution is 6.43. The molecule has 0 bridgehead atoms. The fourth-order valence-electron chi connectivity index (χ4n) is 1.55. The molecule has 0 aliphatic rings. The Morgan fingerprint density at radius 3 is 2.25 bits per heavy atom. The molecule has 0 aliphatic carbocycles. The molecular weight excluding hydrogens is 324 g/mol. The number of pyridine rings is 2. The number of carbonyl (C=O) groups is 2. The van der Waals surface area contributed by atoms with Gasteiger partial charge in [0.15, 0.2) is 0 Å². The average molecular weight is 332 g/mol. The molecule has 24 heavy (non-hydrogen) atoms. The standard InChI is InChI=1S/C12H8N6O6/c19-11(15-9-4-3-7(6-14-9)17(21)22)12(20)16-10-8(18(23)24)2-1-5-13-10/h1-6H,(H,13,16,20)(H,14,15,19). The Morgan fingerprint density at radius 2 is 1.67 bits per heavy atom. The smallest absolute Gasteiger partial charge is 0.302 e. The quantitative estimate of drug-likeness (QED) is 0.471. The third kappa shape index (κ3) is 3.82. The molecule has 0 unspecified atom stereocenters. The summed E-state index contributed by atoms with van der Waals surface area (Å²) < 4.78 is 0. The SMILES string of the molecule is O=C(Nc1ccc([N+](=O)[O-])cn1)C(=O)Nc1ncccc1[N+](=O)[O-]. The van der Waals surface area contributed by atoms with E-state index in [0.717, 1.165) is 24.4 Å². The number of aromatic nitrogens is 2. The van der Waals surface area contributed by atoms with Crippen molar-refractivity contribution in [2.75, 3.05) is 10.6 Å². The molecule has 2 amide bonds. The third-order valence-electron chi connectivity index (χ3n) is 2.62. The number of hydrogen-bond acceptors (Lipinski definition) is 8. The van der Waals surface area contributed by atoms with Crippen LogP contribution in [0.1, 0.15) is 0 Å². The summed E-state index contributed by atoms with van der Waals surface area (Å²) in [5.74, 6) is -2.87. The van der Waals surface area contributed by atoms with E-state index >= 15 is 0 Å². The van der Waals surface area contributed by atoms with Crippen LogP contribution in [0.5, 0.6) is 0 Å². The van der Waals surface area contributed by atoms with Crippen LogP contribution in [-0.2, 0) is 9.59 Å². The average Bonchev–Trinajstić information content (AvgIpc) is 2.55. The zero-order valence-corrected chi connectivity index (χ0v) is 11.7. The zero-order valence-electron chi connectivity index (χ0n) is 11.7. The van der Waals surface area contributed by atoms with Crippen LogP contribution in [0, 0.1) is 20.2 Å². The fourth-order valence-corrected chi connectivity index (χ4v) is 1.55. The normalized spacial score (nSPS) is 9.83. The highest BCUT2D eigenvalue weighted by Gasteiger charge is 2.21. The van der Waals surface area contributed by atoms with E-state index in [0.29, 0.717) is 0 Å². The van der Waals surface area contributed by atoms with E-state index in [-0.39, 0.29) is 17.3 Å². The van der Waals surface area contributed by atoms with Gasteiger partial charge in [0, 0.05) is 18.3 Å². The van der Waals surface area contributed by atoms with E-state index in [4.69, 9.17) is 0 Å². The van der Waals surface area contributed by atoms with Gasteiger partial charge in [0.2, 0.25) is 5.82 Å². The number of nitro groups is 2. The lowest BCUT2D eigenvalue weighted by molar-refractivity contribution is -0.385. The van der Waals surface area contributed by atoms with E-state index in [2.05, 4.69) is 15.3 Å². The fraction of sp³-hybridized carbons (Fsp3) is 0. The monoisotopic (exact) mass is 332 g/mol. The van der Waals surface area contributed by atoms with Gasteiger partial charge in [-0.1, -0.05) is 0 Å². The molecule has 2 aromatic rings. The van der Waals surface area contributed by atoms with Crippen LogP contribution in [0.25, 0.3) is 0 Å². The summed E-state index contributed by atoms with van der Waals surface area (Å²) in [6.07, 6.45) is 2.11. The molecule has 2 rings (SSSR count). The molecule has 0 atom stereocenters. The molecule has 0 spiro atoms. The first-order valence-corrected chi connectivity index (χ1v) is 6.20. The van der Waals surface area contributed by atoms with E-state index in [1.165, 1.54) is 12.3 Å². The first kappa shape index (κ1) is 16.4. The van der Waals surface area contributed by atoms with Gasteiger partial charge in [0.25, 0.3) is 5.69 Å². The molecule has 2 N–H and O–H groups in total. The van der Waals surface area contributed by atoms with Crippen LogP contribution in [0.15, 0.2) is 36.7 Å². The Kier molecular flexibility index (Phi) is 4.70. The molecule has 2 aromatic heterocycles. The maximum Gasteiger partial charge on any atom is 0.315 e. The minimum Gasteiger partial charge on any atom is -0.302 e. The molecule has 2 heterocycles. The maximum absolute atomic E-state index is 11.7. The number of rotatable bonds is 4. The van der Waals surface area contributed by atoms with Crippen molar-refractivity contribution in [3.05, 3.63) is 56.9 Å². The van der Waals surface area contributed by atoms with Gasteiger partial charge in [-0.05, 0) is 12.1 Å². The molecule has 0 aromatic carbocycles. The van der Waals surface area contributed by atoms with Crippen LogP contribution in [0.4, 0.5) is 23.0 Å². The minimum absolute atomic E-state index is 0.101. The minimum atomic E-state index is -1.21. The van der Waals surface area contributed by atoms with E-state index < -0.39 is 27.3 Å². The molecule has 122 valence electrons. The van der Waals surface area contributed by atoms with Crippen LogP contribution in [-0.4, -0.2) is 31.6 Å². The van der Waals surface area contributed by atoms with Crippen LogP contribution < -0.4 is 10.6 Å². The first-order chi connectivity index (χ1) is 11.4. The summed E-state index contributed by atoms with van der Waals surface area (Å²) in [5.41, 5.74) is -0.770.